The van der Waals surface area contributed by atoms with E-state index in [1.807, 2.05) is 0 Å². The molecule has 1 aromatic rings. The lowest BCUT2D eigenvalue weighted by Gasteiger charge is -2.30. The Kier molecular flexibility index (Phi) is 8.11. The van der Waals surface area contributed by atoms with E-state index < -0.39 is 18.2 Å². The van der Waals surface area contributed by atoms with Crippen LogP contribution < -0.4 is 15.5 Å². The summed E-state index contributed by atoms with van der Waals surface area (Å²) in [5.41, 5.74) is 2.21. The van der Waals surface area contributed by atoms with Crippen LogP contribution in [0.5, 0.6) is 0 Å². The van der Waals surface area contributed by atoms with Gasteiger partial charge in [-0.25, -0.2) is 0 Å². The van der Waals surface area contributed by atoms with Gasteiger partial charge in [-0.05, 0) is 57.4 Å². The number of carbonyl (C=O) groups excluding carboxylic acids is 1. The number of hydrogen-bond acceptors (Lipinski definition) is 5. The van der Waals surface area contributed by atoms with Crippen LogP contribution in [0.1, 0.15) is 43.0 Å². The molecule has 1 amide bonds. The number of aliphatic hydroxyl groups excluding tert-OH is 1. The van der Waals surface area contributed by atoms with Crippen LogP contribution in [0.25, 0.3) is 0 Å². The Morgan fingerprint density at radius 1 is 1.33 bits per heavy atom. The minimum absolute atomic E-state index is 0.0276. The van der Waals surface area contributed by atoms with Crippen molar-refractivity contribution in [1.29, 1.82) is 0 Å². The zero-order valence-electron chi connectivity index (χ0n) is 17.7. The van der Waals surface area contributed by atoms with E-state index in [1.54, 1.807) is 38.1 Å². The number of nitrogens with one attached hydrogen (secondary N) is 2. The van der Waals surface area contributed by atoms with Crippen molar-refractivity contribution in [3.8, 4) is 0 Å². The number of carbonyl (C=O) groups is 1. The molecule has 1 aromatic carbocycles. The first-order valence-electron chi connectivity index (χ1n) is 10.1. The van der Waals surface area contributed by atoms with E-state index in [2.05, 4.69) is 22.3 Å². The zero-order chi connectivity index (χ0) is 22.5. The normalized spacial score (nSPS) is 20.4. The first-order chi connectivity index (χ1) is 14.1. The molecule has 0 spiro atoms. The maximum Gasteiger partial charge on any atom is 0.391 e. The SMILES string of the molecule is C=Nc1cc(C(=O)NCC2CCC(C(F)(F)F)CC2)c(N(C)CC(C)O)cc1NC. The molecule has 1 unspecified atom stereocenters. The second-order valence-corrected chi connectivity index (χ2v) is 7.99. The monoisotopic (exact) mass is 428 g/mol. The topological polar surface area (TPSA) is 77.0 Å². The molecule has 1 fully saturated rings. The number of likely N-dealkylation sites (N-methyl/N-ethyl adjacent to an activating group) is 1. The summed E-state index contributed by atoms with van der Waals surface area (Å²) in [6.45, 7) is 5.85. The Morgan fingerprint density at radius 3 is 2.47 bits per heavy atom. The fraction of sp³-hybridized carbons (Fsp3) is 0.619. The second kappa shape index (κ2) is 10.1. The van der Waals surface area contributed by atoms with Crippen LogP contribution in [0.15, 0.2) is 17.1 Å². The van der Waals surface area contributed by atoms with E-state index in [4.69, 9.17) is 0 Å². The molecule has 1 aliphatic carbocycles. The zero-order valence-corrected chi connectivity index (χ0v) is 17.7. The predicted octanol–water partition coefficient (Wildman–Crippen LogP) is 3.98. The van der Waals surface area contributed by atoms with E-state index in [0.29, 0.717) is 48.6 Å². The fourth-order valence-corrected chi connectivity index (χ4v) is 3.93. The number of aliphatic hydroxyl groups is 1. The molecule has 168 valence electrons. The van der Waals surface area contributed by atoms with Crippen molar-refractivity contribution >= 4 is 29.7 Å². The van der Waals surface area contributed by atoms with Crippen molar-refractivity contribution in [2.24, 2.45) is 16.8 Å². The number of nitrogens with zero attached hydrogens (tertiary/aromatic N) is 2. The number of aliphatic imine (C=N–C) groups is 1. The van der Waals surface area contributed by atoms with E-state index >= 15 is 0 Å². The van der Waals surface area contributed by atoms with Crippen LogP contribution in [0, 0.1) is 11.8 Å². The van der Waals surface area contributed by atoms with Gasteiger partial charge in [0, 0.05) is 27.2 Å². The number of alkyl halides is 3. The molecule has 1 aliphatic rings. The van der Waals surface area contributed by atoms with Gasteiger partial charge >= 0.3 is 6.18 Å². The predicted molar refractivity (Wildman–Crippen MR) is 114 cm³/mol. The van der Waals surface area contributed by atoms with Crippen molar-refractivity contribution in [1.82, 2.24) is 5.32 Å². The lowest BCUT2D eigenvalue weighted by atomic mass is 9.81. The summed E-state index contributed by atoms with van der Waals surface area (Å²) in [6, 6.07) is 3.40. The molecule has 0 saturated heterocycles. The number of amides is 1. The molecule has 0 bridgehead atoms. The summed E-state index contributed by atoms with van der Waals surface area (Å²) >= 11 is 0. The highest BCUT2D eigenvalue weighted by Crippen LogP contribution is 2.39. The van der Waals surface area contributed by atoms with Gasteiger partial charge in [0.05, 0.1) is 34.6 Å². The first-order valence-corrected chi connectivity index (χ1v) is 10.1. The Labute approximate surface area is 175 Å². The third-order valence-corrected chi connectivity index (χ3v) is 5.61. The Balaban J connectivity index is 2.13. The molecular formula is C21H31F3N4O2. The average Bonchev–Trinajstić information content (AvgIpc) is 2.70. The number of halogens is 3. The maximum absolute atomic E-state index is 12.9. The van der Waals surface area contributed by atoms with Crippen molar-refractivity contribution < 1.29 is 23.1 Å². The molecule has 0 heterocycles. The van der Waals surface area contributed by atoms with Crippen LogP contribution in [0.2, 0.25) is 0 Å². The average molecular weight is 428 g/mol. The highest BCUT2D eigenvalue weighted by molar-refractivity contribution is 6.02. The van der Waals surface area contributed by atoms with Crippen LogP contribution >= 0.6 is 0 Å². The summed E-state index contributed by atoms with van der Waals surface area (Å²) in [6.07, 6.45) is -3.64. The van der Waals surface area contributed by atoms with Gasteiger partial charge in [0.25, 0.3) is 5.91 Å². The van der Waals surface area contributed by atoms with Gasteiger partial charge in [0.15, 0.2) is 0 Å². The highest BCUT2D eigenvalue weighted by atomic mass is 19.4. The lowest BCUT2D eigenvalue weighted by molar-refractivity contribution is -0.183. The molecule has 0 radical (unpaired) electrons. The first kappa shape index (κ1) is 24.0. The summed E-state index contributed by atoms with van der Waals surface area (Å²) in [7, 11) is 3.51. The molecule has 0 aliphatic heterocycles. The third kappa shape index (κ3) is 6.10. The van der Waals surface area contributed by atoms with Gasteiger partial charge in [-0.15, -0.1) is 0 Å². The molecule has 2 rings (SSSR count). The molecule has 30 heavy (non-hydrogen) atoms. The summed E-state index contributed by atoms with van der Waals surface area (Å²) in [5, 5.41) is 15.6. The van der Waals surface area contributed by atoms with E-state index in [1.165, 1.54) is 0 Å². The minimum Gasteiger partial charge on any atom is -0.392 e. The van der Waals surface area contributed by atoms with Crippen molar-refractivity contribution in [2.45, 2.75) is 44.9 Å². The van der Waals surface area contributed by atoms with Crippen LogP contribution in [-0.2, 0) is 0 Å². The highest BCUT2D eigenvalue weighted by Gasteiger charge is 2.41. The lowest BCUT2D eigenvalue weighted by Crippen LogP contribution is -2.35. The van der Waals surface area contributed by atoms with Gasteiger partial charge in [0.2, 0.25) is 0 Å². The molecule has 6 nitrogen and oxygen atoms in total. The van der Waals surface area contributed by atoms with Gasteiger partial charge in [-0.2, -0.15) is 13.2 Å². The molecular weight excluding hydrogens is 397 g/mol. The molecule has 3 N–H and O–H groups in total. The minimum atomic E-state index is -4.14. The molecule has 0 aromatic heterocycles. The van der Waals surface area contributed by atoms with Crippen LogP contribution in [-0.4, -0.2) is 57.2 Å². The van der Waals surface area contributed by atoms with Crippen LogP contribution in [0.3, 0.4) is 0 Å². The fourth-order valence-electron chi connectivity index (χ4n) is 3.93. The summed E-state index contributed by atoms with van der Waals surface area (Å²) < 4.78 is 38.5. The van der Waals surface area contributed by atoms with Crippen LogP contribution in [0.4, 0.5) is 30.2 Å². The third-order valence-electron chi connectivity index (χ3n) is 5.61. The van der Waals surface area contributed by atoms with Crippen molar-refractivity contribution in [3.63, 3.8) is 0 Å². The smallest absolute Gasteiger partial charge is 0.391 e. The van der Waals surface area contributed by atoms with Crippen molar-refractivity contribution in [2.75, 3.05) is 37.4 Å². The van der Waals surface area contributed by atoms with E-state index in [0.717, 1.165) is 0 Å². The maximum atomic E-state index is 12.9. The standard InChI is InChI=1S/C21H31F3N4O2/c1-13(29)12-28(4)19-10-18(26-3)17(25-2)9-16(19)20(30)27-11-14-5-7-15(8-6-14)21(22,23)24/h9-10,13-15,26,29H,2,5-8,11-12H2,1,3-4H3,(H,27,30). The Morgan fingerprint density at radius 2 is 1.97 bits per heavy atom. The molecule has 1 saturated carbocycles. The molecule has 9 heteroatoms. The van der Waals surface area contributed by atoms with Gasteiger partial charge in [-0.1, -0.05) is 0 Å². The largest absolute Gasteiger partial charge is 0.392 e. The number of anilines is 2. The Bertz CT molecular complexity index is 745. The molecule has 1 atom stereocenters. The summed E-state index contributed by atoms with van der Waals surface area (Å²) in [5.74, 6) is -1.53. The van der Waals surface area contributed by atoms with Crippen molar-refractivity contribution in [3.05, 3.63) is 17.7 Å². The Hall–Kier alpha value is -2.29. The second-order valence-electron chi connectivity index (χ2n) is 7.99. The van der Waals surface area contributed by atoms with E-state index in [-0.39, 0.29) is 24.7 Å². The van der Waals surface area contributed by atoms with Gasteiger partial charge in [0.1, 0.15) is 0 Å². The van der Waals surface area contributed by atoms with E-state index in [9.17, 15) is 23.1 Å². The number of hydrogen-bond donors (Lipinski definition) is 3. The number of benzene rings is 1. The summed E-state index contributed by atoms with van der Waals surface area (Å²) in [4.78, 5) is 18.7. The quantitative estimate of drug-likeness (QED) is 0.548. The van der Waals surface area contributed by atoms with Gasteiger partial charge in [-0.3, -0.25) is 9.79 Å². The number of rotatable bonds is 8. The van der Waals surface area contributed by atoms with Gasteiger partial charge < -0.3 is 20.6 Å².